The number of halogens is 2. The van der Waals surface area contributed by atoms with E-state index < -0.39 is 11.6 Å². The minimum Gasteiger partial charge on any atom is -0.349 e. The maximum atomic E-state index is 14.4. The third-order valence-electron chi connectivity index (χ3n) is 5.16. The van der Waals surface area contributed by atoms with E-state index in [1.165, 1.54) is 12.3 Å². The summed E-state index contributed by atoms with van der Waals surface area (Å²) in [5, 5.41) is 17.5. The zero-order chi connectivity index (χ0) is 20.0. The van der Waals surface area contributed by atoms with Crippen molar-refractivity contribution < 1.29 is 8.78 Å². The maximum absolute atomic E-state index is 14.4. The average Bonchev–Trinajstić information content (AvgIpc) is 3.47. The number of hydrogen-bond acceptors (Lipinski definition) is 5. The molecule has 0 aliphatic carbocycles. The monoisotopic (exact) mass is 391 g/mol. The molecule has 1 aliphatic heterocycles. The molecule has 1 fully saturated rings. The predicted octanol–water partition coefficient (Wildman–Crippen LogP) is 3.41. The standard InChI is InChI=1S/C20H15F2N7/c21-14-3-4-16(22)15(8-14)17-2-1-6-27(17)19-5-7-28-20(26-19)18(11-25-28)29-12-13(9-23)10-24-29/h3-5,7-8,10-12,17H,1-2,6H2/t17-/m0/s1. The van der Waals surface area contributed by atoms with Crippen LogP contribution in [0.1, 0.15) is 30.0 Å². The Hall–Kier alpha value is -3.80. The molecule has 4 aromatic rings. The van der Waals surface area contributed by atoms with Gasteiger partial charge in [-0.2, -0.15) is 15.5 Å². The average molecular weight is 391 g/mol. The summed E-state index contributed by atoms with van der Waals surface area (Å²) < 4.78 is 31.3. The van der Waals surface area contributed by atoms with Crippen molar-refractivity contribution in [3.05, 3.63) is 71.8 Å². The van der Waals surface area contributed by atoms with Gasteiger partial charge in [-0.05, 0) is 37.1 Å². The van der Waals surface area contributed by atoms with Crippen molar-refractivity contribution in [2.75, 3.05) is 11.4 Å². The van der Waals surface area contributed by atoms with Gasteiger partial charge in [0.15, 0.2) is 5.65 Å². The fraction of sp³-hybridized carbons (Fsp3) is 0.200. The first-order chi connectivity index (χ1) is 14.1. The van der Waals surface area contributed by atoms with Gasteiger partial charge in [-0.3, -0.25) is 0 Å². The Morgan fingerprint density at radius 3 is 2.86 bits per heavy atom. The van der Waals surface area contributed by atoms with Crippen LogP contribution in [0.4, 0.5) is 14.6 Å². The zero-order valence-corrected chi connectivity index (χ0v) is 15.2. The number of nitrogens with zero attached hydrogens (tertiary/aromatic N) is 7. The predicted molar refractivity (Wildman–Crippen MR) is 101 cm³/mol. The summed E-state index contributed by atoms with van der Waals surface area (Å²) in [5.74, 6) is -0.227. The first-order valence-corrected chi connectivity index (χ1v) is 9.15. The Kier molecular flexibility index (Phi) is 3.98. The molecule has 3 aromatic heterocycles. The van der Waals surface area contributed by atoms with Crippen molar-refractivity contribution >= 4 is 11.5 Å². The molecular formula is C20H15F2N7. The van der Waals surface area contributed by atoms with Crippen molar-refractivity contribution in [2.45, 2.75) is 18.9 Å². The Morgan fingerprint density at radius 1 is 1.14 bits per heavy atom. The molecule has 29 heavy (non-hydrogen) atoms. The first kappa shape index (κ1) is 17.3. The summed E-state index contributed by atoms with van der Waals surface area (Å²) in [6, 6.07) is 7.11. The highest BCUT2D eigenvalue weighted by Crippen LogP contribution is 2.37. The van der Waals surface area contributed by atoms with E-state index in [9.17, 15) is 8.78 Å². The second-order valence-corrected chi connectivity index (χ2v) is 6.89. The topological polar surface area (TPSA) is 75.0 Å². The van der Waals surface area contributed by atoms with Crippen LogP contribution >= 0.6 is 0 Å². The molecule has 1 aromatic carbocycles. The molecule has 7 nitrogen and oxygen atoms in total. The Bertz CT molecular complexity index is 1250. The summed E-state index contributed by atoms with van der Waals surface area (Å²) in [4.78, 5) is 6.71. The smallest absolute Gasteiger partial charge is 0.183 e. The van der Waals surface area contributed by atoms with Crippen LogP contribution in [-0.2, 0) is 0 Å². The van der Waals surface area contributed by atoms with E-state index >= 15 is 0 Å². The van der Waals surface area contributed by atoms with Gasteiger partial charge in [0.05, 0.1) is 24.0 Å². The third-order valence-corrected chi connectivity index (χ3v) is 5.16. The molecule has 0 amide bonds. The molecule has 0 radical (unpaired) electrons. The molecule has 0 saturated carbocycles. The number of nitriles is 1. The van der Waals surface area contributed by atoms with Gasteiger partial charge in [-0.15, -0.1) is 0 Å². The van der Waals surface area contributed by atoms with Crippen LogP contribution in [0.15, 0.2) is 49.1 Å². The molecule has 5 rings (SSSR count). The van der Waals surface area contributed by atoms with E-state index in [1.807, 2.05) is 17.0 Å². The minimum atomic E-state index is -0.457. The lowest BCUT2D eigenvalue weighted by Gasteiger charge is -2.26. The Labute approximate surface area is 164 Å². The molecule has 0 bridgehead atoms. The third kappa shape index (κ3) is 2.89. The summed E-state index contributed by atoms with van der Waals surface area (Å²) in [6.45, 7) is 0.688. The molecule has 144 valence electrons. The van der Waals surface area contributed by atoms with Crippen LogP contribution < -0.4 is 4.90 Å². The number of fused-ring (bicyclic) bond motifs is 1. The summed E-state index contributed by atoms with van der Waals surface area (Å²) in [5.41, 5.74) is 1.95. The van der Waals surface area contributed by atoms with Gasteiger partial charge in [-0.25, -0.2) is 23.0 Å². The van der Waals surface area contributed by atoms with E-state index in [2.05, 4.69) is 10.2 Å². The lowest BCUT2D eigenvalue weighted by atomic mass is 10.0. The van der Waals surface area contributed by atoms with Gasteiger partial charge in [0, 0.05) is 24.5 Å². The highest BCUT2D eigenvalue weighted by atomic mass is 19.1. The second-order valence-electron chi connectivity index (χ2n) is 6.89. The van der Waals surface area contributed by atoms with Crippen LogP contribution in [0.5, 0.6) is 0 Å². The van der Waals surface area contributed by atoms with Gasteiger partial charge in [-0.1, -0.05) is 0 Å². The summed E-state index contributed by atoms with van der Waals surface area (Å²) in [7, 11) is 0. The molecule has 0 N–H and O–H groups in total. The van der Waals surface area contributed by atoms with E-state index in [-0.39, 0.29) is 6.04 Å². The van der Waals surface area contributed by atoms with Gasteiger partial charge < -0.3 is 4.90 Å². The van der Waals surface area contributed by atoms with Gasteiger partial charge in [0.25, 0.3) is 0 Å². The first-order valence-electron chi connectivity index (χ1n) is 9.15. The maximum Gasteiger partial charge on any atom is 0.183 e. The van der Waals surface area contributed by atoms with Crippen LogP contribution in [0, 0.1) is 23.0 Å². The van der Waals surface area contributed by atoms with Crippen molar-refractivity contribution in [1.29, 1.82) is 5.26 Å². The lowest BCUT2D eigenvalue weighted by Crippen LogP contribution is -2.24. The van der Waals surface area contributed by atoms with Gasteiger partial charge in [0.1, 0.15) is 29.2 Å². The van der Waals surface area contributed by atoms with E-state index in [1.54, 1.807) is 27.8 Å². The highest BCUT2D eigenvalue weighted by Gasteiger charge is 2.30. The normalized spacial score (nSPS) is 16.4. The largest absolute Gasteiger partial charge is 0.349 e. The number of rotatable bonds is 3. The molecule has 0 spiro atoms. The fourth-order valence-corrected chi connectivity index (χ4v) is 3.82. The van der Waals surface area contributed by atoms with E-state index in [0.29, 0.717) is 41.2 Å². The number of anilines is 1. The minimum absolute atomic E-state index is 0.290. The zero-order valence-electron chi connectivity index (χ0n) is 15.2. The van der Waals surface area contributed by atoms with Gasteiger partial charge in [0.2, 0.25) is 0 Å². The van der Waals surface area contributed by atoms with Crippen molar-refractivity contribution in [1.82, 2.24) is 24.4 Å². The van der Waals surface area contributed by atoms with Crippen molar-refractivity contribution in [3.8, 4) is 11.8 Å². The lowest BCUT2D eigenvalue weighted by molar-refractivity contribution is 0.560. The molecule has 9 heteroatoms. The molecule has 1 atom stereocenters. The summed E-state index contributed by atoms with van der Waals surface area (Å²) in [6.07, 6.45) is 8.03. The van der Waals surface area contributed by atoms with Crippen LogP contribution in [0.3, 0.4) is 0 Å². The van der Waals surface area contributed by atoms with Crippen molar-refractivity contribution in [2.24, 2.45) is 0 Å². The van der Waals surface area contributed by atoms with E-state index in [0.717, 1.165) is 18.6 Å². The molecular weight excluding hydrogens is 376 g/mol. The van der Waals surface area contributed by atoms with Crippen LogP contribution in [0.2, 0.25) is 0 Å². The quantitative estimate of drug-likeness (QED) is 0.535. The molecule has 1 aliphatic rings. The number of hydrogen-bond donors (Lipinski definition) is 0. The highest BCUT2D eigenvalue weighted by molar-refractivity contribution is 5.61. The summed E-state index contributed by atoms with van der Waals surface area (Å²) >= 11 is 0. The van der Waals surface area contributed by atoms with Gasteiger partial charge >= 0.3 is 0 Å². The number of aromatic nitrogens is 5. The molecule has 4 heterocycles. The van der Waals surface area contributed by atoms with Crippen molar-refractivity contribution in [3.63, 3.8) is 0 Å². The SMILES string of the molecule is N#Cc1cnn(-c2cnn3ccc(N4CCC[C@H]4c4cc(F)ccc4F)nc23)c1. The van der Waals surface area contributed by atoms with E-state index in [4.69, 9.17) is 10.2 Å². The Morgan fingerprint density at radius 2 is 2.03 bits per heavy atom. The van der Waals surface area contributed by atoms with Crippen LogP contribution in [-0.4, -0.2) is 30.9 Å². The number of benzene rings is 1. The molecule has 0 unspecified atom stereocenters. The van der Waals surface area contributed by atoms with Crippen LogP contribution in [0.25, 0.3) is 11.3 Å². The second kappa shape index (κ2) is 6.67. The fourth-order valence-electron chi connectivity index (χ4n) is 3.82. The Balaban J connectivity index is 1.57. The molecule has 1 saturated heterocycles.